The van der Waals surface area contributed by atoms with E-state index in [9.17, 15) is 4.39 Å². The zero-order chi connectivity index (χ0) is 15.6. The van der Waals surface area contributed by atoms with Crippen LogP contribution in [0.3, 0.4) is 0 Å². The van der Waals surface area contributed by atoms with Crippen molar-refractivity contribution in [3.8, 4) is 6.07 Å². The van der Waals surface area contributed by atoms with E-state index in [1.807, 2.05) is 12.1 Å². The molecule has 2 heteroatoms. The monoisotopic (exact) mass is 299 g/mol. The van der Waals surface area contributed by atoms with Gasteiger partial charge < -0.3 is 0 Å². The van der Waals surface area contributed by atoms with Crippen molar-refractivity contribution in [2.45, 2.75) is 63.7 Å². The van der Waals surface area contributed by atoms with Crippen molar-refractivity contribution in [2.24, 2.45) is 5.92 Å². The van der Waals surface area contributed by atoms with Crippen LogP contribution < -0.4 is 0 Å². The Morgan fingerprint density at radius 2 is 1.77 bits per heavy atom. The van der Waals surface area contributed by atoms with Crippen LogP contribution in [0.5, 0.6) is 0 Å². The Balaban J connectivity index is 1.66. The van der Waals surface area contributed by atoms with Gasteiger partial charge in [0.05, 0.1) is 18.0 Å². The van der Waals surface area contributed by atoms with E-state index < -0.39 is 0 Å². The van der Waals surface area contributed by atoms with E-state index in [2.05, 4.69) is 18.2 Å². The van der Waals surface area contributed by atoms with E-state index in [-0.39, 0.29) is 0 Å². The van der Waals surface area contributed by atoms with Crippen molar-refractivity contribution in [1.82, 2.24) is 0 Å². The highest BCUT2D eigenvalue weighted by atomic mass is 19.1. The molecule has 0 unspecified atom stereocenters. The maximum Gasteiger partial charge on any atom is 0.0991 e. The largest absolute Gasteiger partial charge is 0.216 e. The first-order valence-electron chi connectivity index (χ1n) is 8.58. The molecule has 0 radical (unpaired) electrons. The van der Waals surface area contributed by atoms with Gasteiger partial charge >= 0.3 is 0 Å². The Hall–Kier alpha value is -1.62. The molecule has 0 aromatic heterocycles. The van der Waals surface area contributed by atoms with Crippen molar-refractivity contribution < 1.29 is 4.39 Å². The number of benzene rings is 1. The molecular weight excluding hydrogens is 273 g/mol. The smallest absolute Gasteiger partial charge is 0.0991 e. The van der Waals surface area contributed by atoms with Gasteiger partial charge in [-0.1, -0.05) is 37.5 Å². The van der Waals surface area contributed by atoms with E-state index >= 15 is 0 Å². The van der Waals surface area contributed by atoms with Crippen LogP contribution in [0.4, 0.5) is 4.39 Å². The highest BCUT2D eigenvalue weighted by Crippen LogP contribution is 2.37. The first-order chi connectivity index (χ1) is 10.8. The molecule has 0 atom stereocenters. The summed E-state index contributed by atoms with van der Waals surface area (Å²) in [6, 6.07) is 10.3. The third-order valence-corrected chi connectivity index (χ3v) is 4.93. The van der Waals surface area contributed by atoms with Crippen LogP contribution in [-0.2, 0) is 0 Å². The number of rotatable bonds is 7. The van der Waals surface area contributed by atoms with E-state index in [0.717, 1.165) is 24.3 Å². The Kier molecular flexibility index (Phi) is 7.16. The summed E-state index contributed by atoms with van der Waals surface area (Å²) in [7, 11) is 0. The second-order valence-corrected chi connectivity index (χ2v) is 6.45. The molecular formula is C20H26FN. The highest BCUT2D eigenvalue weighted by Gasteiger charge is 2.21. The predicted octanol–water partition coefficient (Wildman–Crippen LogP) is 6.27. The van der Waals surface area contributed by atoms with Crippen molar-refractivity contribution in [3.63, 3.8) is 0 Å². The van der Waals surface area contributed by atoms with Gasteiger partial charge in [-0.3, -0.25) is 0 Å². The fourth-order valence-electron chi connectivity index (χ4n) is 3.55. The minimum absolute atomic E-state index is 0.657. The summed E-state index contributed by atoms with van der Waals surface area (Å²) in [6.45, 7) is 0. The summed E-state index contributed by atoms with van der Waals surface area (Å²) in [5.41, 5.74) is 2.15. The number of nitriles is 1. The maximum atomic E-state index is 11.8. The standard InChI is InChI=1S/C20H26FN/c21-15-5-3-1-2-4-6-17-7-11-19(12-8-17)20-13-9-18(16-22)10-14-20/h5,9-10,13-15,17,19H,1-4,6-8,11-12H2/b15-5+. The SMILES string of the molecule is N#Cc1ccc(C2CCC(CCCCC/C=C/F)CC2)cc1. The third kappa shape index (κ3) is 5.30. The Labute approximate surface area is 133 Å². The number of hydrogen-bond acceptors (Lipinski definition) is 1. The van der Waals surface area contributed by atoms with Crippen molar-refractivity contribution in [3.05, 3.63) is 47.8 Å². The summed E-state index contributed by atoms with van der Waals surface area (Å²) in [5, 5.41) is 8.85. The summed E-state index contributed by atoms with van der Waals surface area (Å²) in [5.74, 6) is 1.56. The summed E-state index contributed by atoms with van der Waals surface area (Å²) < 4.78 is 11.8. The third-order valence-electron chi connectivity index (χ3n) is 4.93. The molecule has 1 aromatic carbocycles. The molecule has 1 aliphatic carbocycles. The zero-order valence-electron chi connectivity index (χ0n) is 13.3. The molecule has 0 spiro atoms. The van der Waals surface area contributed by atoms with Gasteiger partial charge in [-0.15, -0.1) is 0 Å². The lowest BCUT2D eigenvalue weighted by molar-refractivity contribution is 0.302. The lowest BCUT2D eigenvalue weighted by atomic mass is 9.77. The average molecular weight is 299 g/mol. The molecule has 118 valence electrons. The topological polar surface area (TPSA) is 23.8 Å². The van der Waals surface area contributed by atoms with Crippen LogP contribution in [0.15, 0.2) is 36.7 Å². The average Bonchev–Trinajstić information content (AvgIpc) is 2.59. The summed E-state index contributed by atoms with van der Waals surface area (Å²) >= 11 is 0. The van der Waals surface area contributed by atoms with Gasteiger partial charge in [0, 0.05) is 0 Å². The second kappa shape index (κ2) is 9.41. The van der Waals surface area contributed by atoms with E-state index in [1.165, 1.54) is 50.5 Å². The molecule has 1 nitrogen and oxygen atoms in total. The number of allylic oxidation sites excluding steroid dienone is 1. The molecule has 1 fully saturated rings. The van der Waals surface area contributed by atoms with Crippen LogP contribution >= 0.6 is 0 Å². The maximum absolute atomic E-state index is 11.8. The van der Waals surface area contributed by atoms with Crippen LogP contribution in [-0.4, -0.2) is 0 Å². The van der Waals surface area contributed by atoms with Crippen LogP contribution in [0.1, 0.15) is 74.8 Å². The molecule has 0 saturated heterocycles. The Morgan fingerprint density at radius 1 is 1.05 bits per heavy atom. The van der Waals surface area contributed by atoms with E-state index in [1.54, 1.807) is 6.08 Å². The lowest BCUT2D eigenvalue weighted by Crippen LogP contribution is -2.13. The zero-order valence-corrected chi connectivity index (χ0v) is 13.3. The molecule has 0 N–H and O–H groups in total. The normalized spacial score (nSPS) is 21.8. The molecule has 0 bridgehead atoms. The van der Waals surface area contributed by atoms with Crippen LogP contribution in [0.25, 0.3) is 0 Å². The molecule has 2 rings (SSSR count). The quantitative estimate of drug-likeness (QED) is 0.545. The van der Waals surface area contributed by atoms with E-state index in [4.69, 9.17) is 5.26 Å². The van der Waals surface area contributed by atoms with Crippen molar-refractivity contribution in [1.29, 1.82) is 5.26 Å². The molecule has 0 aliphatic heterocycles. The Morgan fingerprint density at radius 3 is 2.41 bits per heavy atom. The van der Waals surface area contributed by atoms with E-state index in [0.29, 0.717) is 12.2 Å². The van der Waals surface area contributed by atoms with Gasteiger partial charge in [0.2, 0.25) is 0 Å². The lowest BCUT2D eigenvalue weighted by Gasteiger charge is -2.29. The van der Waals surface area contributed by atoms with Crippen molar-refractivity contribution >= 4 is 0 Å². The van der Waals surface area contributed by atoms with Gasteiger partial charge in [-0.05, 0) is 68.1 Å². The minimum Gasteiger partial charge on any atom is -0.216 e. The van der Waals surface area contributed by atoms with Crippen LogP contribution in [0.2, 0.25) is 0 Å². The molecule has 0 heterocycles. The highest BCUT2D eigenvalue weighted by molar-refractivity contribution is 5.33. The van der Waals surface area contributed by atoms with Gasteiger partial charge in [-0.2, -0.15) is 5.26 Å². The first-order valence-corrected chi connectivity index (χ1v) is 8.58. The van der Waals surface area contributed by atoms with Gasteiger partial charge in [-0.25, -0.2) is 4.39 Å². The van der Waals surface area contributed by atoms with Crippen LogP contribution in [0, 0.1) is 17.2 Å². The van der Waals surface area contributed by atoms with Gasteiger partial charge in [0.15, 0.2) is 0 Å². The molecule has 1 aliphatic rings. The number of nitrogens with zero attached hydrogens (tertiary/aromatic N) is 1. The fourth-order valence-corrected chi connectivity index (χ4v) is 3.55. The molecule has 22 heavy (non-hydrogen) atoms. The second-order valence-electron chi connectivity index (χ2n) is 6.45. The van der Waals surface area contributed by atoms with Gasteiger partial charge in [0.1, 0.15) is 0 Å². The Bertz CT molecular complexity index is 489. The predicted molar refractivity (Wildman–Crippen MR) is 89.2 cm³/mol. The molecule has 0 amide bonds. The van der Waals surface area contributed by atoms with Crippen molar-refractivity contribution in [2.75, 3.05) is 0 Å². The number of hydrogen-bond donors (Lipinski definition) is 0. The minimum atomic E-state index is 0.657. The molecule has 1 saturated carbocycles. The summed E-state index contributed by atoms with van der Waals surface area (Å²) in [4.78, 5) is 0. The van der Waals surface area contributed by atoms with Gasteiger partial charge in [0.25, 0.3) is 0 Å². The molecule has 1 aromatic rings. The summed E-state index contributed by atoms with van der Waals surface area (Å²) in [6.07, 6.45) is 13.3. The number of halogens is 1. The number of unbranched alkanes of at least 4 members (excludes halogenated alkanes) is 3. The first kappa shape index (κ1) is 16.7. The fraction of sp³-hybridized carbons (Fsp3) is 0.550.